The molecule has 0 aromatic carbocycles. The second-order valence-corrected chi connectivity index (χ2v) is 5.50. The predicted molar refractivity (Wildman–Crippen MR) is 68.7 cm³/mol. The van der Waals surface area contributed by atoms with Crippen LogP contribution in [0, 0.1) is 5.92 Å². The van der Waals surface area contributed by atoms with Crippen LogP contribution in [0.4, 0.5) is 0 Å². The van der Waals surface area contributed by atoms with Crippen molar-refractivity contribution in [2.24, 2.45) is 10.9 Å². The molecule has 1 aromatic rings. The van der Waals surface area contributed by atoms with Crippen LogP contribution in [-0.4, -0.2) is 33.1 Å². The second-order valence-electron chi connectivity index (χ2n) is 4.27. The molecule has 1 N–H and O–H groups in total. The molecular formula is C11H18N4S. The Labute approximate surface area is 101 Å². The summed E-state index contributed by atoms with van der Waals surface area (Å²) in [5.41, 5.74) is 0. The monoisotopic (exact) mass is 238 g/mol. The van der Waals surface area contributed by atoms with Crippen LogP contribution in [-0.2, 0) is 6.54 Å². The van der Waals surface area contributed by atoms with Gasteiger partial charge in [0.05, 0.1) is 12.9 Å². The first-order valence-electron chi connectivity index (χ1n) is 5.66. The molecule has 0 saturated heterocycles. The van der Waals surface area contributed by atoms with Crippen molar-refractivity contribution in [1.82, 2.24) is 14.9 Å². The summed E-state index contributed by atoms with van der Waals surface area (Å²) in [6.07, 6.45) is 5.61. The van der Waals surface area contributed by atoms with Gasteiger partial charge >= 0.3 is 0 Å². The first kappa shape index (κ1) is 11.5. The number of aliphatic imine (C=N–C) groups is 1. The van der Waals surface area contributed by atoms with E-state index in [1.165, 1.54) is 0 Å². The molecular weight excluding hydrogens is 220 g/mol. The van der Waals surface area contributed by atoms with E-state index in [9.17, 15) is 0 Å². The van der Waals surface area contributed by atoms with Crippen molar-refractivity contribution < 1.29 is 0 Å². The maximum atomic E-state index is 4.50. The smallest absolute Gasteiger partial charge is 0.156 e. The number of nitrogens with zero attached hydrogens (tertiary/aromatic N) is 3. The van der Waals surface area contributed by atoms with Gasteiger partial charge < -0.3 is 9.88 Å². The first-order valence-corrected chi connectivity index (χ1v) is 6.54. The molecule has 2 heterocycles. The summed E-state index contributed by atoms with van der Waals surface area (Å²) in [5.74, 6) is 0.696. The number of rotatable bonds is 4. The van der Waals surface area contributed by atoms with E-state index in [0.717, 1.165) is 24.8 Å². The number of amidine groups is 1. The average Bonchev–Trinajstić information content (AvgIpc) is 2.87. The zero-order valence-corrected chi connectivity index (χ0v) is 10.6. The topological polar surface area (TPSA) is 42.2 Å². The van der Waals surface area contributed by atoms with Gasteiger partial charge in [-0.3, -0.25) is 4.99 Å². The summed E-state index contributed by atoms with van der Waals surface area (Å²) in [6, 6.07) is 0. The Hall–Kier alpha value is -0.970. The van der Waals surface area contributed by atoms with Gasteiger partial charge in [0.15, 0.2) is 5.17 Å². The highest BCUT2D eigenvalue weighted by Crippen LogP contribution is 2.25. The summed E-state index contributed by atoms with van der Waals surface area (Å²) in [7, 11) is 0. The third-order valence-electron chi connectivity index (χ3n) is 2.63. The van der Waals surface area contributed by atoms with Crippen molar-refractivity contribution in [3.63, 3.8) is 0 Å². The minimum atomic E-state index is 0.649. The van der Waals surface area contributed by atoms with E-state index in [0.29, 0.717) is 11.2 Å². The van der Waals surface area contributed by atoms with E-state index >= 15 is 0 Å². The lowest BCUT2D eigenvalue weighted by atomic mass is 10.1. The molecule has 4 nitrogen and oxygen atoms in total. The second kappa shape index (κ2) is 5.39. The number of hydrogen-bond donors (Lipinski definition) is 1. The number of nitrogens with one attached hydrogen (secondary N) is 1. The highest BCUT2D eigenvalue weighted by atomic mass is 32.2. The van der Waals surface area contributed by atoms with Crippen LogP contribution in [0.25, 0.3) is 0 Å². The molecule has 16 heavy (non-hydrogen) atoms. The van der Waals surface area contributed by atoms with Crippen LogP contribution in [0.3, 0.4) is 0 Å². The number of thioether (sulfide) groups is 1. The van der Waals surface area contributed by atoms with Gasteiger partial charge in [-0.25, -0.2) is 4.98 Å². The Bertz CT molecular complexity index is 345. The molecule has 0 bridgehead atoms. The molecule has 0 radical (unpaired) electrons. The standard InChI is InChI=1S/C11H18N4S/c1-9(2)10-7-14-11(16-10)13-4-6-15-5-3-12-8-15/h3,5,8-10H,4,6-7H2,1-2H3,(H,13,14). The fraction of sp³-hybridized carbons (Fsp3) is 0.636. The molecule has 2 rings (SSSR count). The fourth-order valence-corrected chi connectivity index (χ4v) is 2.59. The van der Waals surface area contributed by atoms with Crippen LogP contribution < -0.4 is 5.32 Å². The van der Waals surface area contributed by atoms with Gasteiger partial charge in [-0.05, 0) is 5.92 Å². The first-order chi connectivity index (χ1) is 7.75. The Morgan fingerprint density at radius 1 is 1.62 bits per heavy atom. The van der Waals surface area contributed by atoms with E-state index in [1.807, 2.05) is 24.3 Å². The Morgan fingerprint density at radius 3 is 3.12 bits per heavy atom. The maximum Gasteiger partial charge on any atom is 0.156 e. The van der Waals surface area contributed by atoms with E-state index in [4.69, 9.17) is 0 Å². The maximum absolute atomic E-state index is 4.50. The van der Waals surface area contributed by atoms with E-state index in [1.54, 1.807) is 6.20 Å². The van der Waals surface area contributed by atoms with Crippen molar-refractivity contribution in [1.29, 1.82) is 0 Å². The summed E-state index contributed by atoms with van der Waals surface area (Å²) >= 11 is 1.87. The van der Waals surface area contributed by atoms with Gasteiger partial charge in [0, 0.05) is 30.7 Å². The lowest BCUT2D eigenvalue weighted by molar-refractivity contribution is 0.621. The molecule has 0 saturated carbocycles. The lowest BCUT2D eigenvalue weighted by Gasteiger charge is -2.12. The van der Waals surface area contributed by atoms with Gasteiger partial charge in [-0.2, -0.15) is 0 Å². The molecule has 5 heteroatoms. The molecule has 1 aromatic heterocycles. The summed E-state index contributed by atoms with van der Waals surface area (Å²) in [4.78, 5) is 8.51. The average molecular weight is 238 g/mol. The molecule has 1 aliphatic heterocycles. The summed E-state index contributed by atoms with van der Waals surface area (Å²) < 4.78 is 2.06. The highest BCUT2D eigenvalue weighted by molar-refractivity contribution is 8.14. The number of imidazole rings is 1. The minimum Gasteiger partial charge on any atom is -0.363 e. The highest BCUT2D eigenvalue weighted by Gasteiger charge is 2.21. The zero-order chi connectivity index (χ0) is 11.4. The Morgan fingerprint density at radius 2 is 2.50 bits per heavy atom. The van der Waals surface area contributed by atoms with Crippen LogP contribution in [0.2, 0.25) is 0 Å². The third kappa shape index (κ3) is 3.01. The molecule has 0 fully saturated rings. The minimum absolute atomic E-state index is 0.649. The normalized spacial score (nSPS) is 20.2. The quantitative estimate of drug-likeness (QED) is 0.866. The van der Waals surface area contributed by atoms with E-state index in [-0.39, 0.29) is 0 Å². The van der Waals surface area contributed by atoms with E-state index in [2.05, 4.69) is 33.7 Å². The number of hydrogen-bond acceptors (Lipinski definition) is 4. The van der Waals surface area contributed by atoms with Gasteiger partial charge in [0.1, 0.15) is 0 Å². The Kier molecular flexibility index (Phi) is 3.88. The van der Waals surface area contributed by atoms with Crippen LogP contribution >= 0.6 is 11.8 Å². The largest absolute Gasteiger partial charge is 0.363 e. The van der Waals surface area contributed by atoms with E-state index < -0.39 is 0 Å². The molecule has 0 spiro atoms. The van der Waals surface area contributed by atoms with Gasteiger partial charge in [-0.15, -0.1) is 0 Å². The zero-order valence-electron chi connectivity index (χ0n) is 9.76. The van der Waals surface area contributed by atoms with Gasteiger partial charge in [0.2, 0.25) is 0 Å². The lowest BCUT2D eigenvalue weighted by Crippen LogP contribution is -2.24. The SMILES string of the molecule is CC(C)C1CN=C(NCCn2ccnc2)S1. The molecule has 0 aliphatic carbocycles. The van der Waals surface area contributed by atoms with Crippen molar-refractivity contribution in [2.45, 2.75) is 25.6 Å². The molecule has 1 aliphatic rings. The molecule has 0 amide bonds. The predicted octanol–water partition coefficient (Wildman–Crippen LogP) is 1.60. The van der Waals surface area contributed by atoms with Gasteiger partial charge in [-0.1, -0.05) is 25.6 Å². The van der Waals surface area contributed by atoms with Crippen molar-refractivity contribution in [3.05, 3.63) is 18.7 Å². The molecule has 1 atom stereocenters. The van der Waals surface area contributed by atoms with Crippen molar-refractivity contribution in [2.75, 3.05) is 13.1 Å². The molecule has 88 valence electrons. The number of aromatic nitrogens is 2. The third-order valence-corrected chi connectivity index (χ3v) is 4.12. The van der Waals surface area contributed by atoms with Crippen LogP contribution in [0.15, 0.2) is 23.7 Å². The molecule has 1 unspecified atom stereocenters. The summed E-state index contributed by atoms with van der Waals surface area (Å²) in [5, 5.41) is 5.11. The van der Waals surface area contributed by atoms with Crippen LogP contribution in [0.1, 0.15) is 13.8 Å². The van der Waals surface area contributed by atoms with Crippen molar-refractivity contribution in [3.8, 4) is 0 Å². The van der Waals surface area contributed by atoms with Crippen LogP contribution in [0.5, 0.6) is 0 Å². The van der Waals surface area contributed by atoms with Gasteiger partial charge in [0.25, 0.3) is 0 Å². The Balaban J connectivity index is 1.68. The fourth-order valence-electron chi connectivity index (χ4n) is 1.55. The van der Waals surface area contributed by atoms with Crippen molar-refractivity contribution >= 4 is 16.9 Å². The summed E-state index contributed by atoms with van der Waals surface area (Å²) in [6.45, 7) is 7.30.